The summed E-state index contributed by atoms with van der Waals surface area (Å²) in [7, 11) is 0. The molecule has 17 heavy (non-hydrogen) atoms. The number of ether oxygens (including phenoxy) is 1. The summed E-state index contributed by atoms with van der Waals surface area (Å²) in [6.45, 7) is 8.00. The Kier molecular flexibility index (Phi) is 3.76. The molecule has 0 aliphatic carbocycles. The number of morpholine rings is 1. The van der Waals surface area contributed by atoms with E-state index in [0.717, 1.165) is 30.2 Å². The number of aryl methyl sites for hydroxylation is 1. The van der Waals surface area contributed by atoms with Crippen LogP contribution in [0.3, 0.4) is 0 Å². The Hall–Kier alpha value is -0.570. The second kappa shape index (κ2) is 4.97. The van der Waals surface area contributed by atoms with Crippen molar-refractivity contribution in [2.24, 2.45) is 0 Å². The topological polar surface area (TPSA) is 21.3 Å². The van der Waals surface area contributed by atoms with Crippen LogP contribution in [-0.4, -0.2) is 24.8 Å². The van der Waals surface area contributed by atoms with Gasteiger partial charge < -0.3 is 10.1 Å². The summed E-state index contributed by atoms with van der Waals surface area (Å²) in [5, 5.41) is 4.34. The van der Waals surface area contributed by atoms with Gasteiger partial charge in [-0.1, -0.05) is 23.7 Å². The molecule has 1 aliphatic rings. The first-order valence-electron chi connectivity index (χ1n) is 6.08. The van der Waals surface area contributed by atoms with Crippen molar-refractivity contribution in [3.63, 3.8) is 0 Å². The lowest BCUT2D eigenvalue weighted by Gasteiger charge is -2.36. The van der Waals surface area contributed by atoms with E-state index in [-0.39, 0.29) is 11.6 Å². The molecule has 1 unspecified atom stereocenters. The quantitative estimate of drug-likeness (QED) is 0.875. The zero-order chi connectivity index (χ0) is 12.5. The van der Waals surface area contributed by atoms with Crippen LogP contribution in [-0.2, 0) is 11.2 Å². The minimum atomic E-state index is 0.0986. The van der Waals surface area contributed by atoms with Crippen molar-refractivity contribution >= 4 is 11.6 Å². The van der Waals surface area contributed by atoms with Gasteiger partial charge in [0, 0.05) is 17.1 Å². The maximum atomic E-state index is 6.12. The third kappa shape index (κ3) is 3.44. The summed E-state index contributed by atoms with van der Waals surface area (Å²) < 4.78 is 5.86. The minimum Gasteiger partial charge on any atom is -0.375 e. The van der Waals surface area contributed by atoms with Gasteiger partial charge in [-0.05, 0) is 44.4 Å². The summed E-state index contributed by atoms with van der Waals surface area (Å²) in [6, 6.07) is 6.24. The average molecular weight is 254 g/mol. The molecular weight excluding hydrogens is 234 g/mol. The molecule has 1 heterocycles. The van der Waals surface area contributed by atoms with Crippen molar-refractivity contribution < 1.29 is 4.74 Å². The third-order valence-electron chi connectivity index (χ3n) is 3.19. The van der Waals surface area contributed by atoms with E-state index in [1.807, 2.05) is 13.0 Å². The van der Waals surface area contributed by atoms with E-state index in [1.54, 1.807) is 0 Å². The molecule has 0 spiro atoms. The first kappa shape index (κ1) is 12.9. The fourth-order valence-corrected chi connectivity index (χ4v) is 2.19. The van der Waals surface area contributed by atoms with E-state index in [0.29, 0.717) is 0 Å². The van der Waals surface area contributed by atoms with Gasteiger partial charge in [0.1, 0.15) is 0 Å². The maximum absolute atomic E-state index is 6.12. The Labute approximate surface area is 108 Å². The van der Waals surface area contributed by atoms with Gasteiger partial charge >= 0.3 is 0 Å². The lowest BCUT2D eigenvalue weighted by atomic mass is 10.0. The zero-order valence-electron chi connectivity index (χ0n) is 10.7. The molecule has 1 fully saturated rings. The number of hydrogen-bond acceptors (Lipinski definition) is 2. The van der Waals surface area contributed by atoms with Gasteiger partial charge in [-0.25, -0.2) is 0 Å². The van der Waals surface area contributed by atoms with Crippen molar-refractivity contribution in [3.05, 3.63) is 34.3 Å². The lowest BCUT2D eigenvalue weighted by molar-refractivity contribution is -0.0206. The van der Waals surface area contributed by atoms with Gasteiger partial charge in [0.2, 0.25) is 0 Å². The highest BCUT2D eigenvalue weighted by Gasteiger charge is 2.26. The summed E-state index contributed by atoms with van der Waals surface area (Å²) >= 11 is 6.12. The third-order valence-corrected chi connectivity index (χ3v) is 3.59. The Morgan fingerprint density at radius 3 is 2.82 bits per heavy atom. The Bertz CT molecular complexity index is 393. The molecule has 2 rings (SSSR count). The fraction of sp³-hybridized carbons (Fsp3) is 0.571. The number of rotatable bonds is 2. The summed E-state index contributed by atoms with van der Waals surface area (Å²) in [6.07, 6.45) is 1.17. The van der Waals surface area contributed by atoms with Crippen LogP contribution in [0.15, 0.2) is 18.2 Å². The molecule has 0 aromatic heterocycles. The number of halogens is 1. The number of benzene rings is 1. The molecule has 1 N–H and O–H groups in total. The van der Waals surface area contributed by atoms with Crippen LogP contribution in [0.4, 0.5) is 0 Å². The molecule has 0 amide bonds. The Balaban J connectivity index is 1.95. The molecule has 1 saturated heterocycles. The Morgan fingerprint density at radius 1 is 1.47 bits per heavy atom. The average Bonchev–Trinajstić information content (AvgIpc) is 2.27. The molecule has 2 nitrogen and oxygen atoms in total. The highest BCUT2D eigenvalue weighted by atomic mass is 35.5. The van der Waals surface area contributed by atoms with E-state index >= 15 is 0 Å². The monoisotopic (exact) mass is 253 g/mol. The van der Waals surface area contributed by atoms with E-state index < -0.39 is 0 Å². The summed E-state index contributed by atoms with van der Waals surface area (Å²) in [5.74, 6) is 0. The second-order valence-electron chi connectivity index (χ2n) is 5.49. The van der Waals surface area contributed by atoms with Crippen molar-refractivity contribution in [3.8, 4) is 0 Å². The summed E-state index contributed by atoms with van der Waals surface area (Å²) in [4.78, 5) is 0. The van der Waals surface area contributed by atoms with E-state index in [2.05, 4.69) is 31.3 Å². The van der Waals surface area contributed by atoms with Crippen LogP contribution in [0.25, 0.3) is 0 Å². The maximum Gasteiger partial charge on any atom is 0.0740 e. The SMILES string of the molecule is Cc1ccc(CC2CNC(C)(C)CO2)cc1Cl. The molecular formula is C14H20ClNO. The molecule has 3 heteroatoms. The van der Waals surface area contributed by atoms with Gasteiger partial charge in [-0.2, -0.15) is 0 Å². The molecule has 1 aliphatic heterocycles. The Morgan fingerprint density at radius 2 is 2.24 bits per heavy atom. The summed E-state index contributed by atoms with van der Waals surface area (Å²) in [5.41, 5.74) is 2.47. The van der Waals surface area contributed by atoms with Crippen molar-refractivity contribution in [2.75, 3.05) is 13.2 Å². The molecule has 94 valence electrons. The molecule has 1 aromatic carbocycles. The predicted octanol–water partition coefficient (Wildman–Crippen LogP) is 2.96. The van der Waals surface area contributed by atoms with Crippen LogP contribution in [0.5, 0.6) is 0 Å². The van der Waals surface area contributed by atoms with Crippen LogP contribution >= 0.6 is 11.6 Å². The zero-order valence-corrected chi connectivity index (χ0v) is 11.5. The normalized spacial score (nSPS) is 23.6. The second-order valence-corrected chi connectivity index (χ2v) is 5.89. The van der Waals surface area contributed by atoms with Gasteiger partial charge in [-0.15, -0.1) is 0 Å². The smallest absolute Gasteiger partial charge is 0.0740 e. The molecule has 0 radical (unpaired) electrons. The first-order valence-corrected chi connectivity index (χ1v) is 6.46. The van der Waals surface area contributed by atoms with E-state index in [1.165, 1.54) is 5.56 Å². The molecule has 1 aromatic rings. The van der Waals surface area contributed by atoms with Gasteiger partial charge in [0.25, 0.3) is 0 Å². The first-order chi connectivity index (χ1) is 7.96. The van der Waals surface area contributed by atoms with Crippen LogP contribution < -0.4 is 5.32 Å². The van der Waals surface area contributed by atoms with Crippen molar-refractivity contribution in [1.82, 2.24) is 5.32 Å². The number of hydrogen-bond donors (Lipinski definition) is 1. The van der Waals surface area contributed by atoms with Crippen LogP contribution in [0.2, 0.25) is 5.02 Å². The minimum absolute atomic E-state index is 0.0986. The number of nitrogens with one attached hydrogen (secondary N) is 1. The fourth-order valence-electron chi connectivity index (χ4n) is 1.98. The van der Waals surface area contributed by atoms with Crippen molar-refractivity contribution in [2.45, 2.75) is 38.8 Å². The van der Waals surface area contributed by atoms with Gasteiger partial charge in [-0.3, -0.25) is 0 Å². The van der Waals surface area contributed by atoms with Crippen LogP contribution in [0, 0.1) is 6.92 Å². The van der Waals surface area contributed by atoms with Gasteiger partial charge in [0.15, 0.2) is 0 Å². The van der Waals surface area contributed by atoms with E-state index in [9.17, 15) is 0 Å². The molecule has 0 bridgehead atoms. The highest BCUT2D eigenvalue weighted by Crippen LogP contribution is 2.20. The van der Waals surface area contributed by atoms with Gasteiger partial charge in [0.05, 0.1) is 12.7 Å². The standard InChI is InChI=1S/C14H20ClNO/c1-10-4-5-11(7-13(10)15)6-12-8-16-14(2,3)9-17-12/h4-5,7,12,16H,6,8-9H2,1-3H3. The largest absolute Gasteiger partial charge is 0.375 e. The predicted molar refractivity (Wildman–Crippen MR) is 71.7 cm³/mol. The van der Waals surface area contributed by atoms with E-state index in [4.69, 9.17) is 16.3 Å². The highest BCUT2D eigenvalue weighted by molar-refractivity contribution is 6.31. The molecule has 0 saturated carbocycles. The lowest BCUT2D eigenvalue weighted by Crippen LogP contribution is -2.53. The molecule has 1 atom stereocenters. The van der Waals surface area contributed by atoms with Crippen molar-refractivity contribution in [1.29, 1.82) is 0 Å². The van der Waals surface area contributed by atoms with Crippen LogP contribution in [0.1, 0.15) is 25.0 Å².